The molecular weight excluding hydrogens is 231 g/mol. The largest absolute Gasteiger partial charge is 0.416 e. The zero-order valence-corrected chi connectivity index (χ0v) is 9.88. The van der Waals surface area contributed by atoms with Crippen LogP contribution in [-0.4, -0.2) is 11.8 Å². The van der Waals surface area contributed by atoms with Gasteiger partial charge in [0.2, 0.25) is 0 Å². The van der Waals surface area contributed by atoms with E-state index in [0.717, 1.165) is 12.1 Å². The summed E-state index contributed by atoms with van der Waals surface area (Å²) >= 11 is 0. The van der Waals surface area contributed by atoms with Crippen molar-refractivity contribution in [2.24, 2.45) is 5.16 Å². The average Bonchev–Trinajstić information content (AvgIpc) is 2.15. The first-order chi connectivity index (χ1) is 7.68. The van der Waals surface area contributed by atoms with Gasteiger partial charge in [0.15, 0.2) is 0 Å². The van der Waals surface area contributed by atoms with Gasteiger partial charge >= 0.3 is 6.18 Å². The molecule has 0 amide bonds. The van der Waals surface area contributed by atoms with Crippen LogP contribution in [0, 0.1) is 0 Å². The van der Waals surface area contributed by atoms with Gasteiger partial charge in [-0.05, 0) is 38.5 Å². The normalized spacial score (nSPS) is 13.1. The number of nitrogens with zero attached hydrogens (tertiary/aromatic N) is 1. The predicted octanol–water partition coefficient (Wildman–Crippen LogP) is 3.85. The van der Waals surface area contributed by atoms with Gasteiger partial charge in [0.25, 0.3) is 0 Å². The number of benzene rings is 1. The number of hydrogen-bond acceptors (Lipinski definition) is 2. The number of alkyl halides is 3. The maximum absolute atomic E-state index is 12.3. The average molecular weight is 245 g/mol. The molecule has 0 N–H and O–H groups in total. The summed E-state index contributed by atoms with van der Waals surface area (Å²) in [7, 11) is 0. The van der Waals surface area contributed by atoms with Gasteiger partial charge in [0, 0.05) is 0 Å². The van der Waals surface area contributed by atoms with Gasteiger partial charge < -0.3 is 4.84 Å². The van der Waals surface area contributed by atoms with E-state index in [2.05, 4.69) is 5.16 Å². The molecule has 0 aliphatic carbocycles. The summed E-state index contributed by atoms with van der Waals surface area (Å²) < 4.78 is 36.8. The molecule has 5 heteroatoms. The monoisotopic (exact) mass is 245 g/mol. The van der Waals surface area contributed by atoms with Crippen LogP contribution in [0.3, 0.4) is 0 Å². The molecule has 0 radical (unpaired) electrons. The van der Waals surface area contributed by atoms with E-state index in [-0.39, 0.29) is 0 Å². The van der Waals surface area contributed by atoms with Crippen LogP contribution in [0.25, 0.3) is 0 Å². The summed E-state index contributed by atoms with van der Waals surface area (Å²) in [5.41, 5.74) is -0.531. The van der Waals surface area contributed by atoms with Crippen molar-refractivity contribution in [3.63, 3.8) is 0 Å². The van der Waals surface area contributed by atoms with Crippen LogP contribution in [0.4, 0.5) is 13.2 Å². The third-order valence-corrected chi connectivity index (χ3v) is 1.77. The van der Waals surface area contributed by atoms with E-state index in [4.69, 9.17) is 4.84 Å². The summed E-state index contributed by atoms with van der Waals surface area (Å²) in [5.74, 6) is 0. The fourth-order valence-electron chi connectivity index (χ4n) is 1.00. The molecule has 0 atom stereocenters. The molecule has 0 saturated heterocycles. The summed E-state index contributed by atoms with van der Waals surface area (Å²) in [6.07, 6.45) is -2.93. The van der Waals surface area contributed by atoms with E-state index >= 15 is 0 Å². The molecule has 0 aromatic heterocycles. The lowest BCUT2D eigenvalue weighted by Gasteiger charge is -2.14. The topological polar surface area (TPSA) is 21.6 Å². The number of halogens is 3. The van der Waals surface area contributed by atoms with Crippen LogP contribution in [0.5, 0.6) is 0 Å². The molecule has 0 unspecified atom stereocenters. The minimum atomic E-state index is -4.31. The second-order valence-corrected chi connectivity index (χ2v) is 4.56. The Labute approximate surface area is 98.1 Å². The minimum absolute atomic E-state index is 0.414. The Morgan fingerprint density at radius 2 is 1.59 bits per heavy atom. The van der Waals surface area contributed by atoms with Crippen LogP contribution < -0.4 is 0 Å². The lowest BCUT2D eigenvalue weighted by atomic mass is 10.1. The Morgan fingerprint density at radius 1 is 1.06 bits per heavy atom. The molecular formula is C12H14F3NO. The van der Waals surface area contributed by atoms with Gasteiger partial charge in [0.1, 0.15) is 5.60 Å². The smallest absolute Gasteiger partial charge is 0.390 e. The number of oxime groups is 1. The first-order valence-corrected chi connectivity index (χ1v) is 5.07. The number of rotatable bonds is 2. The van der Waals surface area contributed by atoms with Crippen molar-refractivity contribution in [3.8, 4) is 0 Å². The molecule has 1 rings (SSSR count). The fourth-order valence-corrected chi connectivity index (χ4v) is 1.00. The summed E-state index contributed by atoms with van der Waals surface area (Å²) in [6, 6.07) is 4.72. The first-order valence-electron chi connectivity index (χ1n) is 5.07. The summed E-state index contributed by atoms with van der Waals surface area (Å²) in [4.78, 5) is 5.08. The van der Waals surface area contributed by atoms with Crippen molar-refractivity contribution in [2.75, 3.05) is 0 Å². The summed E-state index contributed by atoms with van der Waals surface area (Å²) in [5, 5.41) is 3.70. The van der Waals surface area contributed by atoms with Gasteiger partial charge in [-0.1, -0.05) is 17.3 Å². The van der Waals surface area contributed by atoms with Crippen LogP contribution in [0.2, 0.25) is 0 Å². The predicted molar refractivity (Wildman–Crippen MR) is 59.9 cm³/mol. The lowest BCUT2D eigenvalue weighted by Crippen LogP contribution is -2.15. The Hall–Kier alpha value is -1.52. The Kier molecular flexibility index (Phi) is 3.80. The Morgan fingerprint density at radius 3 is 2.00 bits per heavy atom. The minimum Gasteiger partial charge on any atom is -0.390 e. The zero-order chi connectivity index (χ0) is 13.1. The van der Waals surface area contributed by atoms with Gasteiger partial charge in [-0.15, -0.1) is 0 Å². The molecule has 17 heavy (non-hydrogen) atoms. The maximum atomic E-state index is 12.3. The van der Waals surface area contributed by atoms with Crippen LogP contribution >= 0.6 is 0 Å². The van der Waals surface area contributed by atoms with Crippen LogP contribution in [0.1, 0.15) is 31.9 Å². The van der Waals surface area contributed by atoms with E-state index in [1.54, 1.807) is 0 Å². The van der Waals surface area contributed by atoms with Crippen molar-refractivity contribution < 1.29 is 18.0 Å². The quantitative estimate of drug-likeness (QED) is 0.572. The maximum Gasteiger partial charge on any atom is 0.416 e. The highest BCUT2D eigenvalue weighted by molar-refractivity contribution is 5.79. The van der Waals surface area contributed by atoms with E-state index in [9.17, 15) is 13.2 Å². The van der Waals surface area contributed by atoms with Gasteiger partial charge in [-0.3, -0.25) is 0 Å². The van der Waals surface area contributed by atoms with E-state index in [1.807, 2.05) is 20.8 Å². The molecule has 0 saturated carbocycles. The van der Waals surface area contributed by atoms with Gasteiger partial charge in [-0.25, -0.2) is 0 Å². The molecule has 0 aliphatic rings. The van der Waals surface area contributed by atoms with E-state index in [1.165, 1.54) is 18.3 Å². The Bertz CT molecular complexity index is 388. The third-order valence-electron chi connectivity index (χ3n) is 1.77. The van der Waals surface area contributed by atoms with Crippen molar-refractivity contribution in [3.05, 3.63) is 35.4 Å². The van der Waals surface area contributed by atoms with Crippen LogP contribution in [-0.2, 0) is 11.0 Å². The molecule has 1 aromatic carbocycles. The standard InChI is InChI=1S/C12H14F3NO/c1-11(2,3)17-16-8-9-4-6-10(7-5-9)12(13,14)15/h4-8H,1-3H3. The molecule has 0 heterocycles. The lowest BCUT2D eigenvalue weighted by molar-refractivity contribution is -0.137. The molecule has 2 nitrogen and oxygen atoms in total. The molecule has 0 bridgehead atoms. The highest BCUT2D eigenvalue weighted by Gasteiger charge is 2.29. The highest BCUT2D eigenvalue weighted by Crippen LogP contribution is 2.28. The second-order valence-electron chi connectivity index (χ2n) is 4.56. The number of hydrogen-bond donors (Lipinski definition) is 0. The van der Waals surface area contributed by atoms with Crippen molar-refractivity contribution in [1.82, 2.24) is 0 Å². The van der Waals surface area contributed by atoms with Gasteiger partial charge in [0.05, 0.1) is 11.8 Å². The highest BCUT2D eigenvalue weighted by atomic mass is 19.4. The van der Waals surface area contributed by atoms with Crippen LogP contribution in [0.15, 0.2) is 29.4 Å². The van der Waals surface area contributed by atoms with Gasteiger partial charge in [-0.2, -0.15) is 13.2 Å². The molecule has 0 fully saturated rings. The SMILES string of the molecule is CC(C)(C)ON=Cc1ccc(C(F)(F)F)cc1. The Balaban J connectivity index is 2.69. The fraction of sp³-hybridized carbons (Fsp3) is 0.417. The van der Waals surface area contributed by atoms with Crippen molar-refractivity contribution in [2.45, 2.75) is 32.5 Å². The molecule has 1 aromatic rings. The zero-order valence-electron chi connectivity index (χ0n) is 9.88. The van der Waals surface area contributed by atoms with Crippen molar-refractivity contribution >= 4 is 6.21 Å². The van der Waals surface area contributed by atoms with E-state index < -0.39 is 17.3 Å². The summed E-state index contributed by atoms with van der Waals surface area (Å²) in [6.45, 7) is 5.49. The molecule has 0 spiro atoms. The molecule has 94 valence electrons. The van der Waals surface area contributed by atoms with Crippen molar-refractivity contribution in [1.29, 1.82) is 0 Å². The molecule has 0 aliphatic heterocycles. The van der Waals surface area contributed by atoms with E-state index in [0.29, 0.717) is 5.56 Å². The first kappa shape index (κ1) is 13.5. The second kappa shape index (κ2) is 4.77. The third kappa shape index (κ3) is 4.89.